The van der Waals surface area contributed by atoms with Gasteiger partial charge in [-0.15, -0.1) is 0 Å². The molecule has 1 aromatic carbocycles. The van der Waals surface area contributed by atoms with Crippen molar-refractivity contribution in [2.75, 3.05) is 26.2 Å². The smallest absolute Gasteiger partial charge is 0.123 e. The summed E-state index contributed by atoms with van der Waals surface area (Å²) < 4.78 is 13.4. The number of hydrogen-bond donors (Lipinski definition) is 1. The second-order valence-electron chi connectivity index (χ2n) is 5.40. The maximum absolute atomic E-state index is 13.4. The zero-order chi connectivity index (χ0) is 13.5. The molecule has 0 radical (unpaired) electrons. The van der Waals surface area contributed by atoms with Crippen LogP contribution < -0.4 is 5.32 Å². The molecule has 1 aliphatic rings. The zero-order valence-electron chi connectivity index (χ0n) is 11.9. The fourth-order valence-electron chi connectivity index (χ4n) is 2.75. The van der Waals surface area contributed by atoms with Gasteiger partial charge >= 0.3 is 0 Å². The quantitative estimate of drug-likeness (QED) is 0.812. The van der Waals surface area contributed by atoms with E-state index in [1.807, 2.05) is 6.07 Å². The Morgan fingerprint density at radius 2 is 2.11 bits per heavy atom. The lowest BCUT2D eigenvalue weighted by Crippen LogP contribution is -2.28. The summed E-state index contributed by atoms with van der Waals surface area (Å²) >= 11 is 0. The Hall–Kier alpha value is -0.930. The van der Waals surface area contributed by atoms with Gasteiger partial charge in [0.1, 0.15) is 5.82 Å². The molecule has 0 spiro atoms. The molecule has 0 bridgehead atoms. The molecule has 3 heteroatoms. The number of nitrogens with zero attached hydrogens (tertiary/aromatic N) is 1. The fourth-order valence-corrected chi connectivity index (χ4v) is 2.75. The van der Waals surface area contributed by atoms with Gasteiger partial charge in [-0.05, 0) is 69.6 Å². The van der Waals surface area contributed by atoms with Gasteiger partial charge in [-0.3, -0.25) is 0 Å². The van der Waals surface area contributed by atoms with Crippen LogP contribution in [0.4, 0.5) is 4.39 Å². The average molecular weight is 264 g/mol. The van der Waals surface area contributed by atoms with Gasteiger partial charge in [0, 0.05) is 6.04 Å². The van der Waals surface area contributed by atoms with Crippen LogP contribution in [0.2, 0.25) is 0 Å². The molecule has 1 N–H and O–H groups in total. The number of halogens is 1. The molecule has 1 unspecified atom stereocenters. The minimum atomic E-state index is -0.137. The molecule has 2 nitrogen and oxygen atoms in total. The first kappa shape index (κ1) is 14.5. The number of likely N-dealkylation sites (tertiary alicyclic amines) is 1. The van der Waals surface area contributed by atoms with Crippen LogP contribution in [0.25, 0.3) is 0 Å². The summed E-state index contributed by atoms with van der Waals surface area (Å²) in [5.41, 5.74) is 1.08. The van der Waals surface area contributed by atoms with Gasteiger partial charge < -0.3 is 10.2 Å². The summed E-state index contributed by atoms with van der Waals surface area (Å²) in [5, 5.41) is 3.54. The van der Waals surface area contributed by atoms with Crippen molar-refractivity contribution in [3.8, 4) is 0 Å². The summed E-state index contributed by atoms with van der Waals surface area (Å²) in [5.74, 6) is -0.137. The van der Waals surface area contributed by atoms with E-state index in [4.69, 9.17) is 0 Å². The molecule has 1 aliphatic heterocycles. The molecule has 0 saturated carbocycles. The fraction of sp³-hybridized carbons (Fsp3) is 0.625. The van der Waals surface area contributed by atoms with Crippen molar-refractivity contribution < 1.29 is 4.39 Å². The molecular weight excluding hydrogens is 239 g/mol. The van der Waals surface area contributed by atoms with E-state index in [2.05, 4.69) is 17.1 Å². The molecule has 0 aromatic heterocycles. The van der Waals surface area contributed by atoms with Crippen LogP contribution in [0.3, 0.4) is 0 Å². The van der Waals surface area contributed by atoms with Crippen LogP contribution in [-0.4, -0.2) is 31.1 Å². The third-order valence-corrected chi connectivity index (χ3v) is 3.82. The first-order valence-corrected chi connectivity index (χ1v) is 7.51. The van der Waals surface area contributed by atoms with E-state index in [0.717, 1.165) is 31.5 Å². The topological polar surface area (TPSA) is 15.3 Å². The number of rotatable bonds is 7. The second-order valence-corrected chi connectivity index (χ2v) is 5.40. The van der Waals surface area contributed by atoms with E-state index >= 15 is 0 Å². The molecule has 1 aromatic rings. The van der Waals surface area contributed by atoms with Gasteiger partial charge in [0.2, 0.25) is 0 Å². The normalized spacial score (nSPS) is 17.8. The SMILES string of the molecule is CCCNC(CCN1CCCC1)c1cccc(F)c1. The first-order chi connectivity index (χ1) is 9.29. The molecule has 106 valence electrons. The second kappa shape index (κ2) is 7.61. The summed E-state index contributed by atoms with van der Waals surface area (Å²) in [7, 11) is 0. The van der Waals surface area contributed by atoms with Crippen LogP contribution in [0.1, 0.15) is 44.2 Å². The Labute approximate surface area is 116 Å². The molecule has 1 atom stereocenters. The molecular formula is C16H25FN2. The largest absolute Gasteiger partial charge is 0.310 e. The van der Waals surface area contributed by atoms with E-state index in [1.165, 1.54) is 32.0 Å². The molecule has 2 rings (SSSR count). The predicted molar refractivity (Wildman–Crippen MR) is 77.7 cm³/mol. The highest BCUT2D eigenvalue weighted by Gasteiger charge is 2.16. The van der Waals surface area contributed by atoms with Gasteiger partial charge in [0.15, 0.2) is 0 Å². The van der Waals surface area contributed by atoms with Crippen LogP contribution in [0.5, 0.6) is 0 Å². The Bertz CT molecular complexity index is 375. The highest BCUT2D eigenvalue weighted by molar-refractivity contribution is 5.20. The van der Waals surface area contributed by atoms with E-state index in [0.29, 0.717) is 0 Å². The molecule has 1 saturated heterocycles. The van der Waals surface area contributed by atoms with E-state index in [1.54, 1.807) is 12.1 Å². The van der Waals surface area contributed by atoms with Gasteiger partial charge in [-0.25, -0.2) is 4.39 Å². The van der Waals surface area contributed by atoms with Crippen LogP contribution in [-0.2, 0) is 0 Å². The summed E-state index contributed by atoms with van der Waals surface area (Å²) in [6.45, 7) is 6.71. The van der Waals surface area contributed by atoms with Gasteiger partial charge in [-0.2, -0.15) is 0 Å². The van der Waals surface area contributed by atoms with E-state index in [-0.39, 0.29) is 11.9 Å². The van der Waals surface area contributed by atoms with Crippen LogP contribution >= 0.6 is 0 Å². The summed E-state index contributed by atoms with van der Waals surface area (Å²) in [6.07, 6.45) is 4.82. The van der Waals surface area contributed by atoms with Crippen molar-refractivity contribution >= 4 is 0 Å². The lowest BCUT2D eigenvalue weighted by Gasteiger charge is -2.22. The maximum Gasteiger partial charge on any atom is 0.123 e. The summed E-state index contributed by atoms with van der Waals surface area (Å²) in [4.78, 5) is 2.51. The van der Waals surface area contributed by atoms with Crippen LogP contribution in [0, 0.1) is 5.82 Å². The summed E-state index contributed by atoms with van der Waals surface area (Å²) in [6, 6.07) is 7.29. The highest BCUT2D eigenvalue weighted by Crippen LogP contribution is 2.19. The molecule has 0 aliphatic carbocycles. The molecule has 1 heterocycles. The number of hydrogen-bond acceptors (Lipinski definition) is 2. The highest BCUT2D eigenvalue weighted by atomic mass is 19.1. The molecule has 0 amide bonds. The van der Waals surface area contributed by atoms with Crippen molar-refractivity contribution in [1.29, 1.82) is 0 Å². The number of benzene rings is 1. The zero-order valence-corrected chi connectivity index (χ0v) is 11.9. The Morgan fingerprint density at radius 3 is 2.79 bits per heavy atom. The van der Waals surface area contributed by atoms with Gasteiger partial charge in [-0.1, -0.05) is 19.1 Å². The third kappa shape index (κ3) is 4.59. The van der Waals surface area contributed by atoms with E-state index < -0.39 is 0 Å². The lowest BCUT2D eigenvalue weighted by atomic mass is 10.0. The molecule has 19 heavy (non-hydrogen) atoms. The maximum atomic E-state index is 13.4. The van der Waals surface area contributed by atoms with Crippen molar-refractivity contribution in [3.63, 3.8) is 0 Å². The predicted octanol–water partition coefficient (Wildman–Crippen LogP) is 3.35. The number of nitrogens with one attached hydrogen (secondary N) is 1. The standard InChI is InChI=1S/C16H25FN2/c1-2-9-18-16(8-12-19-10-3-4-11-19)14-6-5-7-15(17)13-14/h5-7,13,16,18H,2-4,8-12H2,1H3. The lowest BCUT2D eigenvalue weighted by molar-refractivity contribution is 0.310. The van der Waals surface area contributed by atoms with Crippen LogP contribution in [0.15, 0.2) is 24.3 Å². The molecule has 1 fully saturated rings. The monoisotopic (exact) mass is 264 g/mol. The van der Waals surface area contributed by atoms with Gasteiger partial charge in [0.25, 0.3) is 0 Å². The minimum absolute atomic E-state index is 0.137. The van der Waals surface area contributed by atoms with E-state index in [9.17, 15) is 4.39 Å². The van der Waals surface area contributed by atoms with Crippen molar-refractivity contribution in [2.45, 2.75) is 38.6 Å². The van der Waals surface area contributed by atoms with Crippen molar-refractivity contribution in [3.05, 3.63) is 35.6 Å². The Morgan fingerprint density at radius 1 is 1.32 bits per heavy atom. The Balaban J connectivity index is 1.94. The first-order valence-electron chi connectivity index (χ1n) is 7.51. The van der Waals surface area contributed by atoms with Crippen molar-refractivity contribution in [2.24, 2.45) is 0 Å². The third-order valence-electron chi connectivity index (χ3n) is 3.82. The average Bonchev–Trinajstić information content (AvgIpc) is 2.92. The minimum Gasteiger partial charge on any atom is -0.310 e. The Kier molecular flexibility index (Phi) is 5.80. The van der Waals surface area contributed by atoms with Gasteiger partial charge in [0.05, 0.1) is 0 Å². The van der Waals surface area contributed by atoms with Crippen molar-refractivity contribution in [1.82, 2.24) is 10.2 Å².